The van der Waals surface area contributed by atoms with Gasteiger partial charge in [-0.15, -0.1) is 0 Å². The van der Waals surface area contributed by atoms with E-state index in [2.05, 4.69) is 0 Å². The zero-order chi connectivity index (χ0) is 12.3. The molecule has 2 aliphatic rings. The van der Waals surface area contributed by atoms with E-state index in [0.29, 0.717) is 18.5 Å². The number of nitrogens with two attached hydrogens (primary N) is 1. The fourth-order valence-electron chi connectivity index (χ4n) is 3.22. The lowest BCUT2D eigenvalue weighted by Crippen LogP contribution is -2.51. The Kier molecular flexibility index (Phi) is 4.08. The van der Waals surface area contributed by atoms with Crippen molar-refractivity contribution >= 4 is 5.91 Å². The van der Waals surface area contributed by atoms with Gasteiger partial charge in [0.05, 0.1) is 5.41 Å². The van der Waals surface area contributed by atoms with Crippen LogP contribution in [0.3, 0.4) is 0 Å². The Bertz CT molecular complexity index is 265. The molecule has 1 amide bonds. The number of carbonyl (C=O) groups is 1. The van der Waals surface area contributed by atoms with Gasteiger partial charge in [-0.2, -0.15) is 0 Å². The van der Waals surface area contributed by atoms with Gasteiger partial charge in [0.2, 0.25) is 5.91 Å². The predicted molar refractivity (Wildman–Crippen MR) is 69.6 cm³/mol. The Labute approximate surface area is 105 Å². The van der Waals surface area contributed by atoms with Crippen LogP contribution in [-0.4, -0.2) is 30.4 Å². The zero-order valence-electron chi connectivity index (χ0n) is 11.1. The molecule has 0 aromatic heterocycles. The molecule has 0 spiro atoms. The smallest absolute Gasteiger partial charge is 0.230 e. The molecule has 0 bridgehead atoms. The minimum absolute atomic E-state index is 0.235. The molecular weight excluding hydrogens is 212 g/mol. The molecule has 2 aliphatic carbocycles. The molecule has 3 heteroatoms. The Hall–Kier alpha value is -0.570. The van der Waals surface area contributed by atoms with E-state index in [1.807, 2.05) is 11.9 Å². The second-order valence-corrected chi connectivity index (χ2v) is 5.90. The summed E-state index contributed by atoms with van der Waals surface area (Å²) in [6.07, 6.45) is 10.5. The third-order valence-corrected chi connectivity index (χ3v) is 4.85. The van der Waals surface area contributed by atoms with E-state index in [-0.39, 0.29) is 5.41 Å². The molecule has 0 atom stereocenters. The molecule has 0 radical (unpaired) electrons. The van der Waals surface area contributed by atoms with Crippen LogP contribution >= 0.6 is 0 Å². The molecule has 2 fully saturated rings. The largest absolute Gasteiger partial charge is 0.342 e. The molecule has 0 aliphatic heterocycles. The number of rotatable bonds is 3. The van der Waals surface area contributed by atoms with Gasteiger partial charge < -0.3 is 10.6 Å². The second kappa shape index (κ2) is 5.38. The minimum Gasteiger partial charge on any atom is -0.342 e. The summed E-state index contributed by atoms with van der Waals surface area (Å²) >= 11 is 0. The summed E-state index contributed by atoms with van der Waals surface area (Å²) in [7, 11) is 1.98. The SMILES string of the molecule is CN(C(=O)C1(CN)CCCCCC1)C1CCC1. The third kappa shape index (κ3) is 2.49. The van der Waals surface area contributed by atoms with Crippen molar-refractivity contribution in [2.75, 3.05) is 13.6 Å². The van der Waals surface area contributed by atoms with Crippen LogP contribution in [0.5, 0.6) is 0 Å². The van der Waals surface area contributed by atoms with E-state index in [9.17, 15) is 4.79 Å². The molecule has 98 valence electrons. The van der Waals surface area contributed by atoms with Crippen molar-refractivity contribution in [2.45, 2.75) is 63.8 Å². The molecule has 0 heterocycles. The van der Waals surface area contributed by atoms with Crippen LogP contribution in [-0.2, 0) is 4.79 Å². The van der Waals surface area contributed by atoms with E-state index < -0.39 is 0 Å². The molecule has 0 aromatic rings. The van der Waals surface area contributed by atoms with Gasteiger partial charge in [0, 0.05) is 19.6 Å². The lowest BCUT2D eigenvalue weighted by molar-refractivity contribution is -0.145. The number of nitrogens with zero attached hydrogens (tertiary/aromatic N) is 1. The summed E-state index contributed by atoms with van der Waals surface area (Å²) in [5.74, 6) is 0.326. The highest BCUT2D eigenvalue weighted by atomic mass is 16.2. The Morgan fingerprint density at radius 1 is 1.18 bits per heavy atom. The number of carbonyl (C=O) groups excluding carboxylic acids is 1. The minimum atomic E-state index is -0.235. The van der Waals surface area contributed by atoms with Gasteiger partial charge in [-0.3, -0.25) is 4.79 Å². The normalized spacial score (nSPS) is 24.8. The average Bonchev–Trinajstić information content (AvgIpc) is 2.51. The maximum absolute atomic E-state index is 12.7. The molecule has 0 saturated heterocycles. The summed E-state index contributed by atoms with van der Waals surface area (Å²) in [5, 5.41) is 0. The summed E-state index contributed by atoms with van der Waals surface area (Å²) in [5.41, 5.74) is 5.72. The highest BCUT2D eigenvalue weighted by Crippen LogP contribution is 2.37. The number of hydrogen-bond acceptors (Lipinski definition) is 2. The summed E-state index contributed by atoms with van der Waals surface area (Å²) in [4.78, 5) is 14.7. The van der Waals surface area contributed by atoms with Crippen molar-refractivity contribution in [3.05, 3.63) is 0 Å². The lowest BCUT2D eigenvalue weighted by Gasteiger charge is -2.41. The molecular formula is C14H26N2O. The first-order valence-electron chi connectivity index (χ1n) is 7.17. The maximum atomic E-state index is 12.7. The highest BCUT2D eigenvalue weighted by molar-refractivity contribution is 5.83. The van der Waals surface area contributed by atoms with Gasteiger partial charge in [0.15, 0.2) is 0 Å². The Balaban J connectivity index is 2.06. The Morgan fingerprint density at radius 2 is 1.76 bits per heavy atom. The van der Waals surface area contributed by atoms with Crippen LogP contribution in [0.4, 0.5) is 0 Å². The quantitative estimate of drug-likeness (QED) is 0.767. The first-order chi connectivity index (χ1) is 8.19. The Morgan fingerprint density at radius 3 is 2.18 bits per heavy atom. The van der Waals surface area contributed by atoms with Crippen LogP contribution in [0.1, 0.15) is 57.8 Å². The van der Waals surface area contributed by atoms with Crippen molar-refractivity contribution in [1.82, 2.24) is 4.90 Å². The van der Waals surface area contributed by atoms with Crippen molar-refractivity contribution < 1.29 is 4.79 Å². The van der Waals surface area contributed by atoms with Crippen molar-refractivity contribution in [2.24, 2.45) is 11.1 Å². The van der Waals surface area contributed by atoms with Gasteiger partial charge in [-0.1, -0.05) is 25.7 Å². The molecule has 17 heavy (non-hydrogen) atoms. The van der Waals surface area contributed by atoms with Gasteiger partial charge >= 0.3 is 0 Å². The summed E-state index contributed by atoms with van der Waals surface area (Å²) in [6.45, 7) is 0.531. The first kappa shape index (κ1) is 12.9. The number of hydrogen-bond donors (Lipinski definition) is 1. The molecule has 2 N–H and O–H groups in total. The average molecular weight is 238 g/mol. The topological polar surface area (TPSA) is 46.3 Å². The monoisotopic (exact) mass is 238 g/mol. The van der Waals surface area contributed by atoms with Crippen LogP contribution in [0.2, 0.25) is 0 Å². The van der Waals surface area contributed by atoms with Gasteiger partial charge in [0.25, 0.3) is 0 Å². The zero-order valence-corrected chi connectivity index (χ0v) is 11.1. The van der Waals surface area contributed by atoms with E-state index in [1.165, 1.54) is 44.9 Å². The van der Waals surface area contributed by atoms with Crippen LogP contribution < -0.4 is 5.73 Å². The van der Waals surface area contributed by atoms with Gasteiger partial charge in [-0.05, 0) is 32.1 Å². The molecule has 0 aromatic carbocycles. The molecule has 0 unspecified atom stereocenters. The molecule has 2 rings (SSSR count). The van der Waals surface area contributed by atoms with Crippen LogP contribution in [0, 0.1) is 5.41 Å². The van der Waals surface area contributed by atoms with E-state index >= 15 is 0 Å². The van der Waals surface area contributed by atoms with E-state index in [1.54, 1.807) is 0 Å². The van der Waals surface area contributed by atoms with Crippen molar-refractivity contribution in [3.8, 4) is 0 Å². The van der Waals surface area contributed by atoms with Gasteiger partial charge in [0.1, 0.15) is 0 Å². The summed E-state index contributed by atoms with van der Waals surface area (Å²) in [6, 6.07) is 0.495. The van der Waals surface area contributed by atoms with E-state index in [4.69, 9.17) is 5.73 Å². The fraction of sp³-hybridized carbons (Fsp3) is 0.929. The molecule has 2 saturated carbocycles. The van der Waals surface area contributed by atoms with Crippen molar-refractivity contribution in [1.29, 1.82) is 0 Å². The standard InChI is InChI=1S/C14H26N2O/c1-16(12-7-6-8-12)13(17)14(11-15)9-4-2-3-5-10-14/h12H,2-11,15H2,1H3. The van der Waals surface area contributed by atoms with Crippen LogP contribution in [0.15, 0.2) is 0 Å². The first-order valence-corrected chi connectivity index (χ1v) is 7.17. The number of amides is 1. The van der Waals surface area contributed by atoms with Crippen molar-refractivity contribution in [3.63, 3.8) is 0 Å². The lowest BCUT2D eigenvalue weighted by atomic mass is 9.78. The summed E-state index contributed by atoms with van der Waals surface area (Å²) < 4.78 is 0. The van der Waals surface area contributed by atoms with Crippen LogP contribution in [0.25, 0.3) is 0 Å². The second-order valence-electron chi connectivity index (χ2n) is 5.90. The fourth-order valence-corrected chi connectivity index (χ4v) is 3.22. The van der Waals surface area contributed by atoms with E-state index in [0.717, 1.165) is 12.8 Å². The molecule has 3 nitrogen and oxygen atoms in total. The van der Waals surface area contributed by atoms with Gasteiger partial charge in [-0.25, -0.2) is 0 Å². The highest BCUT2D eigenvalue weighted by Gasteiger charge is 2.41. The maximum Gasteiger partial charge on any atom is 0.230 e. The third-order valence-electron chi connectivity index (χ3n) is 4.85. The predicted octanol–water partition coefficient (Wildman–Crippen LogP) is 2.30.